The van der Waals surface area contributed by atoms with E-state index in [9.17, 15) is 4.79 Å². The van der Waals surface area contributed by atoms with E-state index in [4.69, 9.17) is 0 Å². The summed E-state index contributed by atoms with van der Waals surface area (Å²) in [6, 6.07) is 21.7. The van der Waals surface area contributed by atoms with Crippen molar-refractivity contribution in [1.29, 1.82) is 0 Å². The average Bonchev–Trinajstić information content (AvgIpc) is 3.35. The number of aromatic nitrogens is 2. The standard InChI is InChI=1S/C19H13N3OS3/c23-19(18-17(21-22-26-18)16-11-6-12-24-16)20-14-9-4-5-10-15(14)25-13-7-2-1-3-8-13/h1-12H,(H,20,23). The van der Waals surface area contributed by atoms with Crippen LogP contribution >= 0.6 is 34.6 Å². The van der Waals surface area contributed by atoms with Crippen molar-refractivity contribution in [3.63, 3.8) is 0 Å². The third-order valence-electron chi connectivity index (χ3n) is 3.56. The van der Waals surface area contributed by atoms with Crippen LogP contribution in [0.15, 0.2) is 81.9 Å². The van der Waals surface area contributed by atoms with Crippen LogP contribution in [0.25, 0.3) is 10.6 Å². The molecular weight excluding hydrogens is 382 g/mol. The molecule has 7 heteroatoms. The van der Waals surface area contributed by atoms with Gasteiger partial charge in [0.1, 0.15) is 10.6 Å². The fourth-order valence-corrected chi connectivity index (χ4v) is 4.65. The first-order valence-electron chi connectivity index (χ1n) is 7.81. The van der Waals surface area contributed by atoms with Crippen LogP contribution in [0.4, 0.5) is 5.69 Å². The number of anilines is 1. The first kappa shape index (κ1) is 17.0. The van der Waals surface area contributed by atoms with Gasteiger partial charge < -0.3 is 5.32 Å². The van der Waals surface area contributed by atoms with Crippen molar-refractivity contribution in [2.45, 2.75) is 9.79 Å². The minimum Gasteiger partial charge on any atom is -0.320 e. The predicted octanol–water partition coefficient (Wildman–Crippen LogP) is 5.67. The summed E-state index contributed by atoms with van der Waals surface area (Å²) in [5.41, 5.74) is 1.41. The van der Waals surface area contributed by atoms with Gasteiger partial charge in [0.25, 0.3) is 5.91 Å². The van der Waals surface area contributed by atoms with Gasteiger partial charge in [-0.1, -0.05) is 52.6 Å². The molecule has 0 saturated heterocycles. The molecule has 1 amide bonds. The zero-order valence-corrected chi connectivity index (χ0v) is 15.9. The van der Waals surface area contributed by atoms with E-state index in [2.05, 4.69) is 14.9 Å². The molecule has 26 heavy (non-hydrogen) atoms. The molecule has 0 aliphatic carbocycles. The maximum absolute atomic E-state index is 12.8. The highest BCUT2D eigenvalue weighted by atomic mass is 32.2. The summed E-state index contributed by atoms with van der Waals surface area (Å²) in [5.74, 6) is -0.190. The Hall–Kier alpha value is -2.48. The summed E-state index contributed by atoms with van der Waals surface area (Å²) < 4.78 is 3.96. The van der Waals surface area contributed by atoms with Crippen LogP contribution in [-0.4, -0.2) is 15.5 Å². The SMILES string of the molecule is O=C(Nc1ccccc1Sc1ccccc1)c1snnc1-c1cccs1. The first-order chi connectivity index (χ1) is 12.8. The third kappa shape index (κ3) is 3.70. The number of carbonyl (C=O) groups is 1. The summed E-state index contributed by atoms with van der Waals surface area (Å²) in [4.78, 5) is 16.4. The molecular formula is C19H13N3OS3. The Labute approximate surface area is 163 Å². The number of nitrogens with one attached hydrogen (secondary N) is 1. The van der Waals surface area contributed by atoms with Crippen LogP contribution in [0.1, 0.15) is 9.67 Å². The Kier molecular flexibility index (Phi) is 5.10. The van der Waals surface area contributed by atoms with E-state index in [0.29, 0.717) is 10.6 Å². The normalized spacial score (nSPS) is 10.6. The lowest BCUT2D eigenvalue weighted by atomic mass is 10.2. The van der Waals surface area contributed by atoms with Gasteiger partial charge in [-0.15, -0.1) is 16.4 Å². The van der Waals surface area contributed by atoms with E-state index in [0.717, 1.165) is 31.9 Å². The van der Waals surface area contributed by atoms with E-state index >= 15 is 0 Å². The number of benzene rings is 2. The van der Waals surface area contributed by atoms with Crippen LogP contribution in [-0.2, 0) is 0 Å². The van der Waals surface area contributed by atoms with Crippen LogP contribution in [0.2, 0.25) is 0 Å². The number of amides is 1. The lowest BCUT2D eigenvalue weighted by molar-refractivity contribution is 0.103. The van der Waals surface area contributed by atoms with Crippen molar-refractivity contribution in [1.82, 2.24) is 9.59 Å². The van der Waals surface area contributed by atoms with Crippen LogP contribution < -0.4 is 5.32 Å². The molecule has 0 aliphatic heterocycles. The van der Waals surface area contributed by atoms with E-state index in [1.54, 1.807) is 23.1 Å². The Morgan fingerprint density at radius 2 is 1.77 bits per heavy atom. The zero-order chi connectivity index (χ0) is 17.8. The Morgan fingerprint density at radius 3 is 2.58 bits per heavy atom. The zero-order valence-electron chi connectivity index (χ0n) is 13.5. The summed E-state index contributed by atoms with van der Waals surface area (Å²) in [6.07, 6.45) is 0. The molecule has 0 atom stereocenters. The van der Waals surface area contributed by atoms with Gasteiger partial charge in [0, 0.05) is 9.79 Å². The fraction of sp³-hybridized carbons (Fsp3) is 0. The number of hydrogen-bond donors (Lipinski definition) is 1. The molecule has 2 heterocycles. The van der Waals surface area contributed by atoms with Gasteiger partial charge in [-0.25, -0.2) is 0 Å². The maximum Gasteiger partial charge on any atom is 0.269 e. The molecule has 1 N–H and O–H groups in total. The minimum absolute atomic E-state index is 0.190. The minimum atomic E-state index is -0.190. The quantitative estimate of drug-likeness (QED) is 0.473. The fourth-order valence-electron chi connectivity index (χ4n) is 2.37. The van der Waals surface area contributed by atoms with Gasteiger partial charge in [0.15, 0.2) is 0 Å². The van der Waals surface area contributed by atoms with Gasteiger partial charge in [0.2, 0.25) is 0 Å². The van der Waals surface area contributed by atoms with Crippen molar-refractivity contribution in [2.75, 3.05) is 5.32 Å². The van der Waals surface area contributed by atoms with Crippen molar-refractivity contribution < 1.29 is 4.79 Å². The highest BCUT2D eigenvalue weighted by molar-refractivity contribution is 7.99. The van der Waals surface area contributed by atoms with Gasteiger partial charge >= 0.3 is 0 Å². The number of carbonyl (C=O) groups excluding carboxylic acids is 1. The van der Waals surface area contributed by atoms with Gasteiger partial charge in [-0.2, -0.15) is 0 Å². The Bertz CT molecular complexity index is 1010. The summed E-state index contributed by atoms with van der Waals surface area (Å²) in [6.45, 7) is 0. The molecule has 0 saturated carbocycles. The van der Waals surface area contributed by atoms with E-state index in [1.165, 1.54) is 0 Å². The van der Waals surface area contributed by atoms with E-state index in [1.807, 2.05) is 72.1 Å². The summed E-state index contributed by atoms with van der Waals surface area (Å²) >= 11 is 4.27. The highest BCUT2D eigenvalue weighted by Gasteiger charge is 2.19. The monoisotopic (exact) mass is 395 g/mol. The van der Waals surface area contributed by atoms with Crippen LogP contribution in [0.3, 0.4) is 0 Å². The third-order valence-corrected chi connectivity index (χ3v) is 6.24. The number of thiophene rings is 1. The van der Waals surface area contributed by atoms with Gasteiger partial charge in [0.05, 0.1) is 10.6 Å². The first-order valence-corrected chi connectivity index (χ1v) is 10.3. The van der Waals surface area contributed by atoms with Crippen molar-refractivity contribution in [3.05, 3.63) is 77.0 Å². The molecule has 4 rings (SSSR count). The van der Waals surface area contributed by atoms with Crippen LogP contribution in [0, 0.1) is 0 Å². The second-order valence-corrected chi connectivity index (χ2v) is 8.11. The molecule has 0 aliphatic rings. The number of hydrogen-bond acceptors (Lipinski definition) is 6. The second kappa shape index (κ2) is 7.82. The molecule has 128 valence electrons. The molecule has 2 aromatic heterocycles. The second-order valence-electron chi connectivity index (χ2n) is 5.29. The lowest BCUT2D eigenvalue weighted by Gasteiger charge is -2.10. The van der Waals surface area contributed by atoms with Crippen molar-refractivity contribution in [2.24, 2.45) is 0 Å². The predicted molar refractivity (Wildman–Crippen MR) is 108 cm³/mol. The number of rotatable bonds is 5. The summed E-state index contributed by atoms with van der Waals surface area (Å²) in [7, 11) is 0. The Morgan fingerprint density at radius 1 is 0.962 bits per heavy atom. The molecule has 0 spiro atoms. The molecule has 0 radical (unpaired) electrons. The van der Waals surface area contributed by atoms with E-state index < -0.39 is 0 Å². The molecule has 2 aromatic carbocycles. The van der Waals surface area contributed by atoms with Crippen molar-refractivity contribution in [3.8, 4) is 10.6 Å². The topological polar surface area (TPSA) is 54.9 Å². The molecule has 4 aromatic rings. The molecule has 0 fully saturated rings. The summed E-state index contributed by atoms with van der Waals surface area (Å²) in [5, 5.41) is 9.10. The van der Waals surface area contributed by atoms with E-state index in [-0.39, 0.29) is 5.91 Å². The molecule has 4 nitrogen and oxygen atoms in total. The number of para-hydroxylation sites is 1. The smallest absolute Gasteiger partial charge is 0.269 e. The van der Waals surface area contributed by atoms with Crippen LogP contribution in [0.5, 0.6) is 0 Å². The van der Waals surface area contributed by atoms with Crippen molar-refractivity contribution >= 4 is 46.2 Å². The lowest BCUT2D eigenvalue weighted by Crippen LogP contribution is -2.12. The number of nitrogens with zero attached hydrogens (tertiary/aromatic N) is 2. The Balaban J connectivity index is 1.59. The molecule has 0 unspecified atom stereocenters. The highest BCUT2D eigenvalue weighted by Crippen LogP contribution is 2.34. The molecule has 0 bridgehead atoms. The average molecular weight is 396 g/mol. The van der Waals surface area contributed by atoms with Gasteiger partial charge in [-0.05, 0) is 47.2 Å². The van der Waals surface area contributed by atoms with Gasteiger partial charge in [-0.3, -0.25) is 4.79 Å². The maximum atomic E-state index is 12.8. The largest absolute Gasteiger partial charge is 0.320 e.